The minimum atomic E-state index is -0.00872. The van der Waals surface area contributed by atoms with Crippen LogP contribution in [0.15, 0.2) is 28.7 Å². The minimum Gasteiger partial charge on any atom is -0.338 e. The highest BCUT2D eigenvalue weighted by Crippen LogP contribution is 2.20. The van der Waals surface area contributed by atoms with Gasteiger partial charge >= 0.3 is 6.03 Å². The number of hydrogen-bond acceptors (Lipinski definition) is 2. The Morgan fingerprint density at radius 2 is 1.83 bits per heavy atom. The molecule has 2 rings (SSSR count). The van der Waals surface area contributed by atoms with Gasteiger partial charge in [0.1, 0.15) is 0 Å². The van der Waals surface area contributed by atoms with Crippen molar-refractivity contribution >= 4 is 27.9 Å². The summed E-state index contributed by atoms with van der Waals surface area (Å²) in [6.45, 7) is 6.71. The lowest BCUT2D eigenvalue weighted by atomic mass is 10.0. The summed E-state index contributed by atoms with van der Waals surface area (Å²) in [5.74, 6) is 0.0472. The predicted molar refractivity (Wildman–Crippen MR) is 94.5 cm³/mol. The van der Waals surface area contributed by atoms with E-state index in [-0.39, 0.29) is 18.0 Å². The maximum Gasteiger partial charge on any atom is 0.317 e. The standard InChI is InChI=1S/C17H24BrN3O2/c1-3-20(4-2)17(23)19-13-9-11-21(12-10-13)16(22)14-7-5-6-8-15(14)18/h5-8,13H,3-4,9-12H2,1-2H3,(H,19,23). The van der Waals surface area contributed by atoms with Gasteiger partial charge in [-0.15, -0.1) is 0 Å². The third-order valence-electron chi connectivity index (χ3n) is 4.26. The highest BCUT2D eigenvalue weighted by atomic mass is 79.9. The van der Waals surface area contributed by atoms with E-state index in [0.29, 0.717) is 31.7 Å². The summed E-state index contributed by atoms with van der Waals surface area (Å²) in [5, 5.41) is 3.07. The van der Waals surface area contributed by atoms with Crippen LogP contribution in [0.1, 0.15) is 37.0 Å². The van der Waals surface area contributed by atoms with Gasteiger partial charge < -0.3 is 15.1 Å². The van der Waals surface area contributed by atoms with Crippen molar-refractivity contribution in [3.05, 3.63) is 34.3 Å². The van der Waals surface area contributed by atoms with Gasteiger partial charge in [0.25, 0.3) is 5.91 Å². The zero-order valence-electron chi connectivity index (χ0n) is 13.7. The summed E-state index contributed by atoms with van der Waals surface area (Å²) < 4.78 is 0.821. The number of amides is 3. The molecular weight excluding hydrogens is 358 g/mol. The Balaban J connectivity index is 1.88. The smallest absolute Gasteiger partial charge is 0.317 e. The van der Waals surface area contributed by atoms with Gasteiger partial charge in [-0.3, -0.25) is 4.79 Å². The number of carbonyl (C=O) groups excluding carboxylic acids is 2. The molecular formula is C17H24BrN3O2. The molecule has 0 atom stereocenters. The molecule has 1 aliphatic rings. The zero-order chi connectivity index (χ0) is 16.8. The average Bonchev–Trinajstić information content (AvgIpc) is 2.56. The van der Waals surface area contributed by atoms with Crippen LogP contribution >= 0.6 is 15.9 Å². The molecule has 1 saturated heterocycles. The molecule has 0 saturated carbocycles. The first-order valence-electron chi connectivity index (χ1n) is 8.16. The third kappa shape index (κ3) is 4.47. The number of nitrogens with zero attached hydrogens (tertiary/aromatic N) is 2. The molecule has 1 heterocycles. The molecule has 6 heteroatoms. The lowest BCUT2D eigenvalue weighted by Crippen LogP contribution is -2.50. The van der Waals surface area contributed by atoms with Crippen LogP contribution in [0.5, 0.6) is 0 Å². The summed E-state index contributed by atoms with van der Waals surface area (Å²) in [6, 6.07) is 7.62. The number of likely N-dealkylation sites (tertiary alicyclic amines) is 1. The maximum atomic E-state index is 12.6. The molecule has 0 aliphatic carbocycles. The monoisotopic (exact) mass is 381 g/mol. The van der Waals surface area contributed by atoms with E-state index in [4.69, 9.17) is 0 Å². The highest BCUT2D eigenvalue weighted by molar-refractivity contribution is 9.10. The van der Waals surface area contributed by atoms with Crippen LogP contribution in [-0.4, -0.2) is 54.0 Å². The summed E-state index contributed by atoms with van der Waals surface area (Å²) >= 11 is 3.43. The summed E-state index contributed by atoms with van der Waals surface area (Å²) in [4.78, 5) is 28.3. The number of rotatable bonds is 4. The van der Waals surface area contributed by atoms with Crippen LogP contribution in [-0.2, 0) is 0 Å². The van der Waals surface area contributed by atoms with Crippen LogP contribution in [0.25, 0.3) is 0 Å². The SMILES string of the molecule is CCN(CC)C(=O)NC1CCN(C(=O)c2ccccc2Br)CC1. The molecule has 0 radical (unpaired) electrons. The van der Waals surface area contributed by atoms with Crippen LogP contribution in [0, 0.1) is 0 Å². The Bertz CT molecular complexity index is 553. The Kier molecular flexibility index (Phi) is 6.45. The van der Waals surface area contributed by atoms with E-state index in [1.807, 2.05) is 43.0 Å². The van der Waals surface area contributed by atoms with Crippen molar-refractivity contribution in [3.63, 3.8) is 0 Å². The van der Waals surface area contributed by atoms with Crippen LogP contribution in [0.2, 0.25) is 0 Å². The lowest BCUT2D eigenvalue weighted by molar-refractivity contribution is 0.0705. The van der Waals surface area contributed by atoms with Crippen LogP contribution in [0.4, 0.5) is 4.79 Å². The predicted octanol–water partition coefficient (Wildman–Crippen LogP) is 3.11. The Morgan fingerprint density at radius 3 is 2.39 bits per heavy atom. The molecule has 0 bridgehead atoms. The fourth-order valence-electron chi connectivity index (χ4n) is 2.81. The van der Waals surface area contributed by atoms with Crippen molar-refractivity contribution in [2.45, 2.75) is 32.7 Å². The molecule has 1 aromatic carbocycles. The average molecular weight is 382 g/mol. The number of halogens is 1. The second kappa shape index (κ2) is 8.34. The second-order valence-corrected chi connectivity index (χ2v) is 6.52. The van der Waals surface area contributed by atoms with Gasteiger partial charge in [0.05, 0.1) is 5.56 Å². The molecule has 1 aromatic rings. The first-order chi connectivity index (χ1) is 11.1. The fourth-order valence-corrected chi connectivity index (χ4v) is 3.26. The van der Waals surface area contributed by atoms with E-state index >= 15 is 0 Å². The van der Waals surface area contributed by atoms with Crippen LogP contribution < -0.4 is 5.32 Å². The third-order valence-corrected chi connectivity index (χ3v) is 4.96. The topological polar surface area (TPSA) is 52.7 Å². The summed E-state index contributed by atoms with van der Waals surface area (Å²) in [6.07, 6.45) is 1.59. The number of urea groups is 1. The van der Waals surface area contributed by atoms with Gasteiger partial charge in [-0.25, -0.2) is 4.79 Å². The number of benzene rings is 1. The van der Waals surface area contributed by atoms with Crippen molar-refractivity contribution in [2.75, 3.05) is 26.2 Å². The molecule has 0 aromatic heterocycles. The molecule has 23 heavy (non-hydrogen) atoms. The summed E-state index contributed by atoms with van der Waals surface area (Å²) in [7, 11) is 0. The highest BCUT2D eigenvalue weighted by Gasteiger charge is 2.26. The van der Waals surface area contributed by atoms with E-state index in [1.54, 1.807) is 4.90 Å². The first-order valence-corrected chi connectivity index (χ1v) is 8.95. The van der Waals surface area contributed by atoms with Gasteiger partial charge in [-0.1, -0.05) is 12.1 Å². The second-order valence-electron chi connectivity index (χ2n) is 5.67. The zero-order valence-corrected chi connectivity index (χ0v) is 15.3. The number of carbonyl (C=O) groups is 2. The number of hydrogen-bond donors (Lipinski definition) is 1. The fraction of sp³-hybridized carbons (Fsp3) is 0.529. The Morgan fingerprint density at radius 1 is 1.22 bits per heavy atom. The minimum absolute atomic E-state index is 0.00872. The van der Waals surface area contributed by atoms with Gasteiger partial charge in [0.15, 0.2) is 0 Å². The van der Waals surface area contributed by atoms with Crippen molar-refractivity contribution in [1.29, 1.82) is 0 Å². The van der Waals surface area contributed by atoms with E-state index in [0.717, 1.165) is 17.3 Å². The van der Waals surface area contributed by atoms with Crippen LogP contribution in [0.3, 0.4) is 0 Å². The first kappa shape index (κ1) is 17.8. The van der Waals surface area contributed by atoms with Gasteiger partial charge in [0, 0.05) is 36.7 Å². The van der Waals surface area contributed by atoms with Gasteiger partial charge in [-0.05, 0) is 54.8 Å². The molecule has 5 nitrogen and oxygen atoms in total. The quantitative estimate of drug-likeness (QED) is 0.870. The van der Waals surface area contributed by atoms with E-state index in [2.05, 4.69) is 21.2 Å². The molecule has 1 fully saturated rings. The molecule has 126 valence electrons. The van der Waals surface area contributed by atoms with Crippen molar-refractivity contribution in [2.24, 2.45) is 0 Å². The Hall–Kier alpha value is -1.56. The van der Waals surface area contributed by atoms with E-state index < -0.39 is 0 Å². The van der Waals surface area contributed by atoms with Crippen molar-refractivity contribution < 1.29 is 9.59 Å². The molecule has 0 spiro atoms. The number of nitrogens with one attached hydrogen (secondary N) is 1. The van der Waals surface area contributed by atoms with E-state index in [9.17, 15) is 9.59 Å². The normalized spacial score (nSPS) is 15.3. The van der Waals surface area contributed by atoms with Gasteiger partial charge in [0.2, 0.25) is 0 Å². The number of piperidine rings is 1. The summed E-state index contributed by atoms with van der Waals surface area (Å²) in [5.41, 5.74) is 0.693. The van der Waals surface area contributed by atoms with Crippen molar-refractivity contribution in [3.8, 4) is 0 Å². The van der Waals surface area contributed by atoms with Crippen molar-refractivity contribution in [1.82, 2.24) is 15.1 Å². The van der Waals surface area contributed by atoms with E-state index in [1.165, 1.54) is 0 Å². The molecule has 1 aliphatic heterocycles. The molecule has 0 unspecified atom stereocenters. The molecule has 1 N–H and O–H groups in total. The Labute approximate surface area is 146 Å². The van der Waals surface area contributed by atoms with Gasteiger partial charge in [-0.2, -0.15) is 0 Å². The largest absolute Gasteiger partial charge is 0.338 e. The maximum absolute atomic E-state index is 12.6. The molecule has 3 amide bonds. The lowest BCUT2D eigenvalue weighted by Gasteiger charge is -2.33.